The van der Waals surface area contributed by atoms with Gasteiger partial charge in [0.1, 0.15) is 11.2 Å². The summed E-state index contributed by atoms with van der Waals surface area (Å²) in [7, 11) is 1.45. The Morgan fingerprint density at radius 1 is 1.36 bits per heavy atom. The van der Waals surface area contributed by atoms with Gasteiger partial charge in [0.2, 0.25) is 5.91 Å². The SMILES string of the molecule is COC1=CCC=C(Cl)C=C1C1(C)C(=O)Nc2cc(C(F)(F)F)cnc21. The van der Waals surface area contributed by atoms with E-state index in [1.54, 1.807) is 25.2 Å². The number of ether oxygens (including phenoxy) is 1. The zero-order chi connectivity index (χ0) is 18.4. The summed E-state index contributed by atoms with van der Waals surface area (Å²) in [5.41, 5.74) is -1.57. The molecule has 1 N–H and O–H groups in total. The first-order valence-electron chi connectivity index (χ1n) is 7.39. The fourth-order valence-corrected chi connectivity index (χ4v) is 3.16. The smallest absolute Gasteiger partial charge is 0.417 e. The molecule has 25 heavy (non-hydrogen) atoms. The van der Waals surface area contributed by atoms with E-state index in [1.165, 1.54) is 7.11 Å². The van der Waals surface area contributed by atoms with Crippen LogP contribution in [0.1, 0.15) is 24.6 Å². The Morgan fingerprint density at radius 3 is 2.72 bits per heavy atom. The van der Waals surface area contributed by atoms with E-state index in [0.29, 0.717) is 22.8 Å². The number of anilines is 1. The van der Waals surface area contributed by atoms with Crippen LogP contribution < -0.4 is 5.32 Å². The molecule has 0 aromatic carbocycles. The molecule has 1 aromatic heterocycles. The van der Waals surface area contributed by atoms with Crippen molar-refractivity contribution in [2.75, 3.05) is 12.4 Å². The first kappa shape index (κ1) is 17.5. The Labute approximate surface area is 147 Å². The average Bonchev–Trinajstić information content (AvgIpc) is 2.69. The third-order valence-corrected chi connectivity index (χ3v) is 4.58. The van der Waals surface area contributed by atoms with Crippen LogP contribution in [0.15, 0.2) is 46.9 Å². The summed E-state index contributed by atoms with van der Waals surface area (Å²) in [6.07, 6.45) is 1.76. The summed E-state index contributed by atoms with van der Waals surface area (Å²) in [6, 6.07) is 0.885. The summed E-state index contributed by atoms with van der Waals surface area (Å²) in [5, 5.41) is 2.90. The van der Waals surface area contributed by atoms with Crippen LogP contribution in [0, 0.1) is 0 Å². The monoisotopic (exact) mass is 370 g/mol. The van der Waals surface area contributed by atoms with Gasteiger partial charge in [-0.25, -0.2) is 0 Å². The average molecular weight is 371 g/mol. The van der Waals surface area contributed by atoms with Gasteiger partial charge in [-0.3, -0.25) is 9.78 Å². The molecule has 1 aliphatic carbocycles. The number of pyridine rings is 1. The molecule has 0 saturated carbocycles. The Morgan fingerprint density at radius 2 is 2.08 bits per heavy atom. The minimum absolute atomic E-state index is 0.0306. The van der Waals surface area contributed by atoms with Gasteiger partial charge in [0.15, 0.2) is 0 Å². The summed E-state index contributed by atoms with van der Waals surface area (Å²) in [5.74, 6) is -0.0611. The molecule has 4 nitrogen and oxygen atoms in total. The lowest BCUT2D eigenvalue weighted by Crippen LogP contribution is -2.35. The highest BCUT2D eigenvalue weighted by Crippen LogP contribution is 2.46. The van der Waals surface area contributed by atoms with Gasteiger partial charge in [-0.1, -0.05) is 17.7 Å². The van der Waals surface area contributed by atoms with Crippen molar-refractivity contribution in [1.29, 1.82) is 0 Å². The van der Waals surface area contributed by atoms with Gasteiger partial charge >= 0.3 is 6.18 Å². The fourth-order valence-electron chi connectivity index (χ4n) is 2.96. The summed E-state index contributed by atoms with van der Waals surface area (Å²) < 4.78 is 44.1. The van der Waals surface area contributed by atoms with E-state index in [1.807, 2.05) is 0 Å². The van der Waals surface area contributed by atoms with Gasteiger partial charge in [-0.05, 0) is 31.6 Å². The van der Waals surface area contributed by atoms with Crippen molar-refractivity contribution in [2.24, 2.45) is 0 Å². The molecular weight excluding hydrogens is 357 g/mol. The van der Waals surface area contributed by atoms with Crippen LogP contribution in [0.25, 0.3) is 0 Å². The van der Waals surface area contributed by atoms with Crippen LogP contribution in [0.3, 0.4) is 0 Å². The standard InChI is InChI=1S/C17H14ClF3N2O2/c1-16(11-7-10(18)4-3-5-13(11)25-2)14-12(23-15(16)24)6-9(8-22-14)17(19,20)21/h4-8H,3H2,1-2H3,(H,23,24). The first-order valence-corrected chi connectivity index (χ1v) is 7.77. The number of nitrogens with zero attached hydrogens (tertiary/aromatic N) is 1. The van der Waals surface area contributed by atoms with Crippen LogP contribution in [-0.4, -0.2) is 18.0 Å². The lowest BCUT2D eigenvalue weighted by Gasteiger charge is -2.26. The van der Waals surface area contributed by atoms with Crippen LogP contribution in [0.4, 0.5) is 18.9 Å². The van der Waals surface area contributed by atoms with E-state index in [9.17, 15) is 18.0 Å². The third kappa shape index (κ3) is 2.82. The Balaban J connectivity index is 2.18. The number of allylic oxidation sites excluding steroid dienone is 5. The number of amides is 1. The molecule has 1 aromatic rings. The molecule has 132 valence electrons. The van der Waals surface area contributed by atoms with Crippen molar-refractivity contribution in [3.8, 4) is 0 Å². The number of hydrogen-bond acceptors (Lipinski definition) is 3. The predicted molar refractivity (Wildman–Crippen MR) is 86.9 cm³/mol. The fraction of sp³-hybridized carbons (Fsp3) is 0.294. The van der Waals surface area contributed by atoms with Gasteiger partial charge in [0.05, 0.1) is 24.1 Å². The van der Waals surface area contributed by atoms with E-state index in [2.05, 4.69) is 10.3 Å². The molecule has 2 aliphatic rings. The van der Waals surface area contributed by atoms with Crippen LogP contribution in [-0.2, 0) is 21.1 Å². The molecule has 0 spiro atoms. The highest BCUT2D eigenvalue weighted by atomic mass is 35.5. The minimum Gasteiger partial charge on any atom is -0.497 e. The lowest BCUT2D eigenvalue weighted by atomic mass is 9.78. The van der Waals surface area contributed by atoms with Crippen LogP contribution in [0.2, 0.25) is 0 Å². The molecular formula is C17H14ClF3N2O2. The van der Waals surface area contributed by atoms with Gasteiger partial charge in [0.25, 0.3) is 0 Å². The van der Waals surface area contributed by atoms with E-state index in [4.69, 9.17) is 16.3 Å². The number of carbonyl (C=O) groups is 1. The maximum atomic E-state index is 12.9. The van der Waals surface area contributed by atoms with Crippen molar-refractivity contribution >= 4 is 23.2 Å². The van der Waals surface area contributed by atoms with E-state index < -0.39 is 23.1 Å². The van der Waals surface area contributed by atoms with E-state index >= 15 is 0 Å². The number of methoxy groups -OCH3 is 1. The van der Waals surface area contributed by atoms with Crippen molar-refractivity contribution in [1.82, 2.24) is 4.98 Å². The summed E-state index contributed by atoms with van der Waals surface area (Å²) in [4.78, 5) is 16.6. The second-order valence-corrected chi connectivity index (χ2v) is 6.29. The summed E-state index contributed by atoms with van der Waals surface area (Å²) >= 11 is 6.13. The molecule has 1 amide bonds. The van der Waals surface area contributed by atoms with Crippen molar-refractivity contribution in [2.45, 2.75) is 24.9 Å². The number of carbonyl (C=O) groups excluding carboxylic acids is 1. The Bertz CT molecular complexity index is 843. The molecule has 1 atom stereocenters. The highest BCUT2D eigenvalue weighted by Gasteiger charge is 2.49. The second-order valence-electron chi connectivity index (χ2n) is 5.85. The molecule has 3 rings (SSSR count). The number of alkyl halides is 3. The molecule has 1 aliphatic heterocycles. The number of halogens is 4. The molecule has 0 fully saturated rings. The number of hydrogen-bond donors (Lipinski definition) is 1. The molecule has 0 saturated heterocycles. The minimum atomic E-state index is -4.54. The molecule has 2 heterocycles. The van der Waals surface area contributed by atoms with Gasteiger partial charge in [-0.15, -0.1) is 0 Å². The number of fused-ring (bicyclic) bond motifs is 1. The highest BCUT2D eigenvalue weighted by molar-refractivity contribution is 6.31. The molecule has 8 heteroatoms. The zero-order valence-electron chi connectivity index (χ0n) is 13.4. The van der Waals surface area contributed by atoms with Gasteiger partial charge in [0, 0.05) is 16.8 Å². The van der Waals surface area contributed by atoms with E-state index in [0.717, 1.165) is 12.3 Å². The van der Waals surface area contributed by atoms with Gasteiger partial charge in [-0.2, -0.15) is 13.2 Å². The number of nitrogens with one attached hydrogen (secondary N) is 1. The van der Waals surface area contributed by atoms with E-state index in [-0.39, 0.29) is 11.4 Å². The molecule has 1 unspecified atom stereocenters. The lowest BCUT2D eigenvalue weighted by molar-refractivity contribution is -0.137. The Kier molecular flexibility index (Phi) is 4.15. The maximum absolute atomic E-state index is 12.9. The van der Waals surface area contributed by atoms with Crippen molar-refractivity contribution in [3.63, 3.8) is 0 Å². The topological polar surface area (TPSA) is 51.2 Å². The van der Waals surface area contributed by atoms with Crippen molar-refractivity contribution < 1.29 is 22.7 Å². The number of rotatable bonds is 2. The Hall–Kier alpha value is -2.28. The van der Waals surface area contributed by atoms with Crippen molar-refractivity contribution in [3.05, 3.63) is 58.1 Å². The third-order valence-electron chi connectivity index (χ3n) is 4.31. The molecule has 0 bridgehead atoms. The zero-order valence-corrected chi connectivity index (χ0v) is 14.1. The summed E-state index contributed by atoms with van der Waals surface area (Å²) in [6.45, 7) is 1.59. The largest absolute Gasteiger partial charge is 0.497 e. The predicted octanol–water partition coefficient (Wildman–Crippen LogP) is 4.29. The normalized spacial score (nSPS) is 23.1. The molecule has 0 radical (unpaired) electrons. The maximum Gasteiger partial charge on any atom is 0.417 e. The number of aromatic nitrogens is 1. The second kappa shape index (κ2) is 5.91. The van der Waals surface area contributed by atoms with Crippen LogP contribution in [0.5, 0.6) is 0 Å². The first-order chi connectivity index (χ1) is 11.7. The van der Waals surface area contributed by atoms with Gasteiger partial charge < -0.3 is 10.1 Å². The quantitative estimate of drug-likeness (QED) is 0.844. The van der Waals surface area contributed by atoms with Crippen LogP contribution >= 0.6 is 11.6 Å².